The molecular formula is C25H30N4O5. The number of non-ortho nitro benzene ring substituents is 1. The number of ether oxygens (including phenoxy) is 2. The third kappa shape index (κ3) is 4.71. The van der Waals surface area contributed by atoms with Gasteiger partial charge in [-0.15, -0.1) is 0 Å². The molecule has 34 heavy (non-hydrogen) atoms. The van der Waals surface area contributed by atoms with Crippen LogP contribution in [0.5, 0.6) is 5.75 Å². The Morgan fingerprint density at radius 2 is 1.88 bits per heavy atom. The number of hydrogen-bond donors (Lipinski definition) is 0. The molecule has 0 aromatic heterocycles. The van der Waals surface area contributed by atoms with Crippen molar-refractivity contribution in [3.05, 3.63) is 64.2 Å². The average molecular weight is 467 g/mol. The summed E-state index contributed by atoms with van der Waals surface area (Å²) in [7, 11) is 0. The van der Waals surface area contributed by atoms with E-state index in [1.165, 1.54) is 0 Å². The molecule has 0 radical (unpaired) electrons. The van der Waals surface area contributed by atoms with Crippen LogP contribution in [0.25, 0.3) is 0 Å². The van der Waals surface area contributed by atoms with E-state index in [0.717, 1.165) is 43.2 Å². The van der Waals surface area contributed by atoms with E-state index in [1.54, 1.807) is 12.1 Å². The smallest absolute Gasteiger partial charge is 0.269 e. The van der Waals surface area contributed by atoms with E-state index in [1.807, 2.05) is 41.3 Å². The summed E-state index contributed by atoms with van der Waals surface area (Å²) in [6, 6.07) is 14.9. The predicted octanol–water partition coefficient (Wildman–Crippen LogP) is 2.20. The number of hydrogen-bond acceptors (Lipinski definition) is 7. The molecule has 0 bridgehead atoms. The topological polar surface area (TPSA) is 88.4 Å². The summed E-state index contributed by atoms with van der Waals surface area (Å²) in [6.07, 6.45) is 0.517. The Morgan fingerprint density at radius 1 is 1.09 bits per heavy atom. The number of nitrogens with zero attached hydrogens (tertiary/aromatic N) is 4. The lowest BCUT2D eigenvalue weighted by Crippen LogP contribution is -2.62. The molecule has 3 aliphatic rings. The summed E-state index contributed by atoms with van der Waals surface area (Å²) in [5.74, 6) is 0.734. The quantitative estimate of drug-likeness (QED) is 0.476. The molecule has 180 valence electrons. The summed E-state index contributed by atoms with van der Waals surface area (Å²) in [5.41, 5.74) is 1.98. The van der Waals surface area contributed by atoms with Crippen LogP contribution in [-0.2, 0) is 16.0 Å². The van der Waals surface area contributed by atoms with Crippen LogP contribution in [0.4, 0.5) is 11.4 Å². The molecular weight excluding hydrogens is 436 g/mol. The lowest BCUT2D eigenvalue weighted by Gasteiger charge is -2.50. The molecule has 3 aliphatic heterocycles. The van der Waals surface area contributed by atoms with Crippen molar-refractivity contribution in [2.24, 2.45) is 5.92 Å². The van der Waals surface area contributed by atoms with Crippen LogP contribution < -0.4 is 9.64 Å². The summed E-state index contributed by atoms with van der Waals surface area (Å²) >= 11 is 0. The fraction of sp³-hybridized carbons (Fsp3) is 0.480. The van der Waals surface area contributed by atoms with Crippen LogP contribution in [0, 0.1) is 16.0 Å². The van der Waals surface area contributed by atoms with Crippen molar-refractivity contribution in [1.82, 2.24) is 9.80 Å². The summed E-state index contributed by atoms with van der Waals surface area (Å²) < 4.78 is 11.3. The van der Waals surface area contributed by atoms with Crippen molar-refractivity contribution in [1.29, 1.82) is 0 Å². The van der Waals surface area contributed by atoms with E-state index in [4.69, 9.17) is 9.47 Å². The SMILES string of the molecule is O=C([C@H]1Cc2cc([N+](=O)[O-])ccc2N2CCN(CCOc3ccccc3)C[C@@H]12)N1CCOCC1. The molecule has 2 saturated heterocycles. The molecule has 3 heterocycles. The van der Waals surface area contributed by atoms with Gasteiger partial charge in [0, 0.05) is 57.1 Å². The number of carbonyl (C=O) groups excluding carboxylic acids is 1. The zero-order valence-electron chi connectivity index (χ0n) is 19.2. The van der Waals surface area contributed by atoms with E-state index in [-0.39, 0.29) is 28.5 Å². The molecule has 2 atom stereocenters. The van der Waals surface area contributed by atoms with Crippen LogP contribution in [0.1, 0.15) is 5.56 Å². The van der Waals surface area contributed by atoms with Crippen molar-refractivity contribution in [2.75, 3.05) is 64.0 Å². The molecule has 0 saturated carbocycles. The second-order valence-corrected chi connectivity index (χ2v) is 9.04. The number of fused-ring (bicyclic) bond motifs is 3. The van der Waals surface area contributed by atoms with Gasteiger partial charge in [0.25, 0.3) is 5.69 Å². The fourth-order valence-electron chi connectivity index (χ4n) is 5.30. The van der Waals surface area contributed by atoms with Gasteiger partial charge in [-0.1, -0.05) is 18.2 Å². The Hall–Kier alpha value is -3.17. The first-order chi connectivity index (χ1) is 16.6. The van der Waals surface area contributed by atoms with Gasteiger partial charge >= 0.3 is 0 Å². The number of rotatable bonds is 6. The van der Waals surface area contributed by atoms with Crippen LogP contribution in [0.3, 0.4) is 0 Å². The monoisotopic (exact) mass is 466 g/mol. The molecule has 2 aromatic rings. The maximum Gasteiger partial charge on any atom is 0.269 e. The van der Waals surface area contributed by atoms with Crippen molar-refractivity contribution in [3.63, 3.8) is 0 Å². The minimum absolute atomic E-state index is 0.0229. The average Bonchev–Trinajstić information content (AvgIpc) is 2.88. The Kier molecular flexibility index (Phi) is 6.64. The highest BCUT2D eigenvalue weighted by Crippen LogP contribution is 2.38. The number of piperazine rings is 1. The van der Waals surface area contributed by atoms with Crippen LogP contribution >= 0.6 is 0 Å². The number of benzene rings is 2. The van der Waals surface area contributed by atoms with Crippen LogP contribution in [0.15, 0.2) is 48.5 Å². The van der Waals surface area contributed by atoms with Gasteiger partial charge in [0.2, 0.25) is 5.91 Å². The molecule has 2 aromatic carbocycles. The number of amides is 1. The van der Waals surface area contributed by atoms with E-state index in [9.17, 15) is 14.9 Å². The number of para-hydroxylation sites is 1. The Bertz CT molecular complexity index is 1030. The van der Waals surface area contributed by atoms with Gasteiger partial charge in [0.15, 0.2) is 0 Å². The van der Waals surface area contributed by atoms with Crippen molar-refractivity contribution in [2.45, 2.75) is 12.5 Å². The van der Waals surface area contributed by atoms with Crippen LogP contribution in [-0.4, -0.2) is 85.8 Å². The Morgan fingerprint density at radius 3 is 2.65 bits per heavy atom. The maximum absolute atomic E-state index is 13.6. The van der Waals surface area contributed by atoms with E-state index >= 15 is 0 Å². The van der Waals surface area contributed by atoms with Crippen LogP contribution in [0.2, 0.25) is 0 Å². The van der Waals surface area contributed by atoms with Gasteiger partial charge in [0.1, 0.15) is 12.4 Å². The van der Waals surface area contributed by atoms with Gasteiger partial charge < -0.3 is 19.3 Å². The van der Waals surface area contributed by atoms with Gasteiger partial charge in [0.05, 0.1) is 30.1 Å². The third-order valence-electron chi connectivity index (χ3n) is 7.05. The van der Waals surface area contributed by atoms with Crippen molar-refractivity contribution < 1.29 is 19.2 Å². The molecule has 0 unspecified atom stereocenters. The van der Waals surface area contributed by atoms with Gasteiger partial charge in [-0.2, -0.15) is 0 Å². The number of nitro groups is 1. The standard InChI is InChI=1S/C25H30N4O5/c30-25(27-11-13-33-14-12-27)22-17-19-16-20(29(31)32)6-7-23(19)28-9-8-26(18-24(22)28)10-15-34-21-4-2-1-3-5-21/h1-7,16,22,24H,8-15,17-18H2/t22-,24-/m0/s1. The zero-order chi connectivity index (χ0) is 23.5. The number of morpholine rings is 1. The molecule has 0 aliphatic carbocycles. The van der Waals surface area contributed by atoms with Gasteiger partial charge in [-0.05, 0) is 30.2 Å². The van der Waals surface area contributed by atoms with E-state index in [2.05, 4.69) is 9.80 Å². The molecule has 1 amide bonds. The van der Waals surface area contributed by atoms with E-state index < -0.39 is 0 Å². The first-order valence-electron chi connectivity index (χ1n) is 11.9. The highest BCUT2D eigenvalue weighted by atomic mass is 16.6. The molecule has 9 heteroatoms. The second kappa shape index (κ2) is 9.99. The predicted molar refractivity (Wildman–Crippen MR) is 127 cm³/mol. The molecule has 0 N–H and O–H groups in total. The normalized spacial score (nSPS) is 22.6. The Labute approximate surface area is 199 Å². The largest absolute Gasteiger partial charge is 0.492 e. The third-order valence-corrected chi connectivity index (χ3v) is 7.05. The summed E-state index contributed by atoms with van der Waals surface area (Å²) in [5, 5.41) is 11.4. The molecule has 9 nitrogen and oxygen atoms in total. The summed E-state index contributed by atoms with van der Waals surface area (Å²) in [4.78, 5) is 31.2. The lowest BCUT2D eigenvalue weighted by molar-refractivity contribution is -0.384. The lowest BCUT2D eigenvalue weighted by atomic mass is 9.82. The van der Waals surface area contributed by atoms with E-state index in [0.29, 0.717) is 39.3 Å². The molecule has 2 fully saturated rings. The van der Waals surface area contributed by atoms with Gasteiger partial charge in [-0.25, -0.2) is 0 Å². The van der Waals surface area contributed by atoms with Gasteiger partial charge in [-0.3, -0.25) is 19.8 Å². The first-order valence-corrected chi connectivity index (χ1v) is 11.9. The highest BCUT2D eigenvalue weighted by molar-refractivity contribution is 5.82. The number of anilines is 1. The minimum Gasteiger partial charge on any atom is -0.492 e. The van der Waals surface area contributed by atoms with Crippen molar-refractivity contribution >= 4 is 17.3 Å². The first kappa shape index (κ1) is 22.6. The number of carbonyl (C=O) groups is 1. The zero-order valence-corrected chi connectivity index (χ0v) is 19.2. The summed E-state index contributed by atoms with van der Waals surface area (Å²) in [6.45, 7) is 6.05. The maximum atomic E-state index is 13.6. The Balaban J connectivity index is 1.34. The highest BCUT2D eigenvalue weighted by Gasteiger charge is 2.43. The molecule has 5 rings (SSSR count). The second-order valence-electron chi connectivity index (χ2n) is 9.04. The molecule has 0 spiro atoms. The minimum atomic E-state index is -0.365. The number of nitro benzene ring substituents is 1. The fourth-order valence-corrected chi connectivity index (χ4v) is 5.30. The van der Waals surface area contributed by atoms with Crippen molar-refractivity contribution in [3.8, 4) is 5.75 Å².